The van der Waals surface area contributed by atoms with Gasteiger partial charge in [0.1, 0.15) is 4.99 Å². The first-order valence-corrected chi connectivity index (χ1v) is 6.82. The van der Waals surface area contributed by atoms with E-state index in [1.165, 1.54) is 12.1 Å². The van der Waals surface area contributed by atoms with E-state index in [4.69, 9.17) is 22.7 Å². The van der Waals surface area contributed by atoms with Crippen molar-refractivity contribution < 1.29 is 13.5 Å². The summed E-state index contributed by atoms with van der Waals surface area (Å²) in [6, 6.07) is 2.93. The standard InChI is InChI=1S/C14H18F2N2OS/c1-8-6-18(7-14(2,3)19-8)10-5-4-9(13(17)20)11(15)12(10)16/h4-5,8H,6-7H2,1-3H3,(H2,17,20). The van der Waals surface area contributed by atoms with Crippen LogP contribution in [0.1, 0.15) is 26.3 Å². The Bertz CT molecular complexity index is 548. The van der Waals surface area contributed by atoms with E-state index in [9.17, 15) is 8.78 Å². The number of rotatable bonds is 2. The molecule has 20 heavy (non-hydrogen) atoms. The fraction of sp³-hybridized carbons (Fsp3) is 0.500. The molecular formula is C14H18F2N2OS. The number of thiocarbonyl (C=S) groups is 1. The maximum atomic E-state index is 14.2. The van der Waals surface area contributed by atoms with Crippen LogP contribution < -0.4 is 10.6 Å². The molecule has 110 valence electrons. The average Bonchev–Trinajstić information content (AvgIpc) is 2.29. The van der Waals surface area contributed by atoms with Crippen molar-refractivity contribution in [2.45, 2.75) is 32.5 Å². The Hall–Kier alpha value is -1.27. The molecule has 0 aliphatic carbocycles. The molecule has 0 aromatic heterocycles. The van der Waals surface area contributed by atoms with E-state index in [1.54, 1.807) is 4.90 Å². The van der Waals surface area contributed by atoms with Crippen LogP contribution in [0.2, 0.25) is 0 Å². The highest BCUT2D eigenvalue weighted by Crippen LogP contribution is 2.30. The lowest BCUT2D eigenvalue weighted by Gasteiger charge is -2.43. The zero-order valence-electron chi connectivity index (χ0n) is 11.7. The highest BCUT2D eigenvalue weighted by Gasteiger charge is 2.33. The van der Waals surface area contributed by atoms with Gasteiger partial charge in [0.05, 0.1) is 17.4 Å². The molecule has 1 aliphatic rings. The number of halogens is 2. The molecule has 3 nitrogen and oxygen atoms in total. The normalized spacial score (nSPS) is 21.9. The van der Waals surface area contributed by atoms with Gasteiger partial charge in [0, 0.05) is 18.7 Å². The van der Waals surface area contributed by atoms with Crippen molar-refractivity contribution in [3.8, 4) is 0 Å². The van der Waals surface area contributed by atoms with Crippen LogP contribution in [-0.2, 0) is 4.74 Å². The van der Waals surface area contributed by atoms with Crippen LogP contribution in [0.25, 0.3) is 0 Å². The van der Waals surface area contributed by atoms with E-state index < -0.39 is 17.2 Å². The molecular weight excluding hydrogens is 282 g/mol. The summed E-state index contributed by atoms with van der Waals surface area (Å²) in [4.78, 5) is 1.64. The van der Waals surface area contributed by atoms with Gasteiger partial charge in [-0.2, -0.15) is 0 Å². The monoisotopic (exact) mass is 300 g/mol. The Morgan fingerprint density at radius 2 is 2.05 bits per heavy atom. The molecule has 0 saturated carbocycles. The Labute approximate surface area is 122 Å². The first kappa shape index (κ1) is 15.1. The van der Waals surface area contributed by atoms with E-state index in [0.29, 0.717) is 13.1 Å². The van der Waals surface area contributed by atoms with Crippen molar-refractivity contribution in [1.29, 1.82) is 0 Å². The second-order valence-corrected chi connectivity index (χ2v) is 6.13. The number of hydrogen-bond acceptors (Lipinski definition) is 3. The molecule has 0 bridgehead atoms. The molecule has 1 unspecified atom stereocenters. The smallest absolute Gasteiger partial charge is 0.182 e. The van der Waals surface area contributed by atoms with Crippen molar-refractivity contribution in [3.05, 3.63) is 29.3 Å². The molecule has 1 atom stereocenters. The fourth-order valence-corrected chi connectivity index (χ4v) is 2.77. The molecule has 2 N–H and O–H groups in total. The van der Waals surface area contributed by atoms with Gasteiger partial charge < -0.3 is 15.4 Å². The summed E-state index contributed by atoms with van der Waals surface area (Å²) >= 11 is 4.70. The Kier molecular flexibility index (Phi) is 3.97. The number of anilines is 1. The molecule has 1 aromatic rings. The van der Waals surface area contributed by atoms with Crippen molar-refractivity contribution in [2.75, 3.05) is 18.0 Å². The second-order valence-electron chi connectivity index (χ2n) is 5.69. The third kappa shape index (κ3) is 2.91. The molecule has 0 spiro atoms. The minimum absolute atomic E-state index is 0.0588. The van der Waals surface area contributed by atoms with Crippen LogP contribution in [0.15, 0.2) is 12.1 Å². The number of benzene rings is 1. The van der Waals surface area contributed by atoms with Gasteiger partial charge in [-0.05, 0) is 32.9 Å². The van der Waals surface area contributed by atoms with E-state index in [2.05, 4.69) is 0 Å². The minimum atomic E-state index is -0.994. The van der Waals surface area contributed by atoms with Crippen molar-refractivity contribution in [3.63, 3.8) is 0 Å². The molecule has 0 amide bonds. The van der Waals surface area contributed by atoms with Crippen LogP contribution in [0, 0.1) is 11.6 Å². The van der Waals surface area contributed by atoms with E-state index in [1.807, 2.05) is 20.8 Å². The zero-order valence-corrected chi connectivity index (χ0v) is 12.6. The molecule has 1 aliphatic heterocycles. The zero-order chi connectivity index (χ0) is 15.1. The fourth-order valence-electron chi connectivity index (χ4n) is 2.61. The van der Waals surface area contributed by atoms with Gasteiger partial charge >= 0.3 is 0 Å². The van der Waals surface area contributed by atoms with Crippen molar-refractivity contribution in [1.82, 2.24) is 0 Å². The Morgan fingerprint density at radius 3 is 2.60 bits per heavy atom. The van der Waals surface area contributed by atoms with Gasteiger partial charge in [-0.25, -0.2) is 8.78 Å². The third-order valence-corrected chi connectivity index (χ3v) is 3.46. The Balaban J connectivity index is 2.38. The lowest BCUT2D eigenvalue weighted by atomic mass is 10.0. The number of nitrogens with two attached hydrogens (primary N) is 1. The first-order valence-electron chi connectivity index (χ1n) is 6.42. The summed E-state index contributed by atoms with van der Waals surface area (Å²) in [5, 5.41) is 0. The summed E-state index contributed by atoms with van der Waals surface area (Å²) in [6.07, 6.45) is -0.0588. The summed E-state index contributed by atoms with van der Waals surface area (Å²) < 4.78 is 33.9. The quantitative estimate of drug-likeness (QED) is 0.852. The molecule has 1 fully saturated rings. The van der Waals surface area contributed by atoms with Crippen LogP contribution in [0.3, 0.4) is 0 Å². The van der Waals surface area contributed by atoms with Crippen molar-refractivity contribution in [2.24, 2.45) is 5.73 Å². The number of morpholine rings is 1. The SMILES string of the molecule is CC1CN(c2ccc(C(N)=S)c(F)c2F)CC(C)(C)O1. The molecule has 1 saturated heterocycles. The predicted molar refractivity (Wildman–Crippen MR) is 79.1 cm³/mol. The van der Waals surface area contributed by atoms with Gasteiger partial charge in [0.15, 0.2) is 11.6 Å². The highest BCUT2D eigenvalue weighted by atomic mass is 32.1. The molecule has 2 rings (SSSR count). The van der Waals surface area contributed by atoms with E-state index >= 15 is 0 Å². The minimum Gasteiger partial charge on any atom is -0.389 e. The number of nitrogens with zero attached hydrogens (tertiary/aromatic N) is 1. The molecule has 1 aromatic carbocycles. The third-order valence-electron chi connectivity index (χ3n) is 3.24. The van der Waals surface area contributed by atoms with Crippen LogP contribution >= 0.6 is 12.2 Å². The van der Waals surface area contributed by atoms with Crippen molar-refractivity contribution >= 4 is 22.9 Å². The van der Waals surface area contributed by atoms with E-state index in [0.717, 1.165) is 0 Å². The van der Waals surface area contributed by atoms with Gasteiger partial charge in [-0.3, -0.25) is 0 Å². The molecule has 6 heteroatoms. The lowest BCUT2D eigenvalue weighted by molar-refractivity contribution is -0.0751. The summed E-state index contributed by atoms with van der Waals surface area (Å²) in [7, 11) is 0. The van der Waals surface area contributed by atoms with Gasteiger partial charge in [-0.1, -0.05) is 12.2 Å². The topological polar surface area (TPSA) is 38.5 Å². The Morgan fingerprint density at radius 1 is 1.40 bits per heavy atom. The largest absolute Gasteiger partial charge is 0.389 e. The second kappa shape index (κ2) is 5.26. The maximum absolute atomic E-state index is 14.2. The first-order chi connectivity index (χ1) is 9.21. The van der Waals surface area contributed by atoms with Gasteiger partial charge in [0.2, 0.25) is 0 Å². The number of ether oxygens (including phenoxy) is 1. The molecule has 0 radical (unpaired) electrons. The van der Waals surface area contributed by atoms with Crippen LogP contribution in [0.5, 0.6) is 0 Å². The van der Waals surface area contributed by atoms with Crippen LogP contribution in [0.4, 0.5) is 14.5 Å². The average molecular weight is 300 g/mol. The number of hydrogen-bond donors (Lipinski definition) is 1. The van der Waals surface area contributed by atoms with Crippen LogP contribution in [-0.4, -0.2) is 29.8 Å². The predicted octanol–water partition coefficient (Wildman–Crippen LogP) is 2.60. The van der Waals surface area contributed by atoms with Gasteiger partial charge in [0.25, 0.3) is 0 Å². The summed E-state index contributed by atoms with van der Waals surface area (Å²) in [5.74, 6) is -1.91. The maximum Gasteiger partial charge on any atom is 0.182 e. The van der Waals surface area contributed by atoms with E-state index in [-0.39, 0.29) is 22.3 Å². The summed E-state index contributed by atoms with van der Waals surface area (Å²) in [6.45, 7) is 6.75. The highest BCUT2D eigenvalue weighted by molar-refractivity contribution is 7.80. The van der Waals surface area contributed by atoms with Gasteiger partial charge in [-0.15, -0.1) is 0 Å². The molecule has 1 heterocycles. The summed E-state index contributed by atoms with van der Waals surface area (Å²) in [5.41, 5.74) is 5.10. The lowest BCUT2D eigenvalue weighted by Crippen LogP contribution is -2.52.